The Bertz CT molecular complexity index is 662. The van der Waals surface area contributed by atoms with Gasteiger partial charge in [0.15, 0.2) is 0 Å². The van der Waals surface area contributed by atoms with Crippen LogP contribution in [0.1, 0.15) is 13.3 Å². The van der Waals surface area contributed by atoms with E-state index in [-0.39, 0.29) is 11.6 Å². The Balaban J connectivity index is 1.95. The number of hydrogen-bond donors (Lipinski definition) is 1. The number of aromatic nitrogens is 2. The summed E-state index contributed by atoms with van der Waals surface area (Å²) in [6.45, 7) is 5.23. The van der Waals surface area contributed by atoms with Crippen molar-refractivity contribution in [3.05, 3.63) is 40.8 Å². The number of para-hydroxylation sites is 2. The smallest absolute Gasteiger partial charge is 0.269 e. The van der Waals surface area contributed by atoms with E-state index in [2.05, 4.69) is 17.2 Å². The van der Waals surface area contributed by atoms with Crippen LogP contribution in [0.3, 0.4) is 0 Å². The van der Waals surface area contributed by atoms with Gasteiger partial charge in [-0.2, -0.15) is 0 Å². The molecule has 1 aromatic carbocycles. The first kappa shape index (κ1) is 14.2. The molecular weight excluding hydrogens is 266 g/mol. The van der Waals surface area contributed by atoms with Gasteiger partial charge in [0.25, 0.3) is 5.56 Å². The van der Waals surface area contributed by atoms with Gasteiger partial charge in [-0.1, -0.05) is 19.1 Å². The van der Waals surface area contributed by atoms with Crippen LogP contribution in [-0.2, 0) is 11.3 Å². The van der Waals surface area contributed by atoms with E-state index in [1.165, 1.54) is 6.20 Å². The minimum atomic E-state index is -0.0458. The van der Waals surface area contributed by atoms with Crippen LogP contribution in [0.2, 0.25) is 0 Å². The van der Waals surface area contributed by atoms with E-state index in [9.17, 15) is 4.79 Å². The summed E-state index contributed by atoms with van der Waals surface area (Å²) < 4.78 is 7.33. The topological polar surface area (TPSA) is 56.2 Å². The number of nitrogens with zero attached hydrogens (tertiary/aromatic N) is 2. The first-order valence-electron chi connectivity index (χ1n) is 7.55. The number of ether oxygens (including phenoxy) is 1. The van der Waals surface area contributed by atoms with Crippen molar-refractivity contribution in [3.8, 4) is 0 Å². The van der Waals surface area contributed by atoms with Crippen LogP contribution in [0.5, 0.6) is 0 Å². The van der Waals surface area contributed by atoms with Crippen molar-refractivity contribution >= 4 is 11.0 Å². The van der Waals surface area contributed by atoms with Gasteiger partial charge in [0, 0.05) is 25.1 Å². The molecule has 2 atom stereocenters. The third-order valence-corrected chi connectivity index (χ3v) is 4.13. The lowest BCUT2D eigenvalue weighted by Gasteiger charge is -2.24. The van der Waals surface area contributed by atoms with Crippen LogP contribution in [0.25, 0.3) is 11.0 Å². The van der Waals surface area contributed by atoms with Crippen LogP contribution < -0.4 is 10.9 Å². The molecule has 0 saturated carbocycles. The van der Waals surface area contributed by atoms with Gasteiger partial charge in [-0.15, -0.1) is 0 Å². The van der Waals surface area contributed by atoms with Gasteiger partial charge in [-0.3, -0.25) is 4.79 Å². The summed E-state index contributed by atoms with van der Waals surface area (Å²) in [4.78, 5) is 16.4. The van der Waals surface area contributed by atoms with Gasteiger partial charge >= 0.3 is 0 Å². The molecule has 0 spiro atoms. The Labute approximate surface area is 124 Å². The Hall–Kier alpha value is -1.72. The minimum absolute atomic E-state index is 0.0458. The Morgan fingerprint density at radius 3 is 3.10 bits per heavy atom. The first-order chi connectivity index (χ1) is 10.3. The average molecular weight is 287 g/mol. The maximum Gasteiger partial charge on any atom is 0.269 e. The van der Waals surface area contributed by atoms with Crippen LogP contribution in [0.4, 0.5) is 0 Å². The summed E-state index contributed by atoms with van der Waals surface area (Å²) in [5, 5.41) is 3.50. The van der Waals surface area contributed by atoms with E-state index in [1.807, 2.05) is 28.8 Å². The zero-order valence-corrected chi connectivity index (χ0v) is 12.3. The van der Waals surface area contributed by atoms with E-state index < -0.39 is 0 Å². The van der Waals surface area contributed by atoms with Crippen molar-refractivity contribution in [2.75, 3.05) is 19.8 Å². The number of hydrogen-bond acceptors (Lipinski definition) is 4. The largest absolute Gasteiger partial charge is 0.381 e. The Morgan fingerprint density at radius 2 is 2.33 bits per heavy atom. The lowest BCUT2D eigenvalue weighted by Crippen LogP contribution is -2.42. The van der Waals surface area contributed by atoms with Gasteiger partial charge in [-0.05, 0) is 25.1 Å². The fourth-order valence-electron chi connectivity index (χ4n) is 3.01. The molecule has 1 aliphatic rings. The minimum Gasteiger partial charge on any atom is -0.381 e. The third kappa shape index (κ3) is 2.99. The summed E-state index contributed by atoms with van der Waals surface area (Å²) >= 11 is 0. The summed E-state index contributed by atoms with van der Waals surface area (Å²) in [7, 11) is 0. The zero-order chi connectivity index (χ0) is 14.7. The third-order valence-electron chi connectivity index (χ3n) is 4.13. The molecule has 1 aromatic heterocycles. The second-order valence-corrected chi connectivity index (χ2v) is 5.48. The van der Waals surface area contributed by atoms with Crippen molar-refractivity contribution < 1.29 is 4.74 Å². The highest BCUT2D eigenvalue weighted by molar-refractivity contribution is 5.74. The summed E-state index contributed by atoms with van der Waals surface area (Å²) in [5.74, 6) is 0.462. The molecule has 5 heteroatoms. The quantitative estimate of drug-likeness (QED) is 0.903. The molecule has 0 bridgehead atoms. The van der Waals surface area contributed by atoms with Gasteiger partial charge < -0.3 is 14.6 Å². The van der Waals surface area contributed by atoms with Crippen LogP contribution in [0.15, 0.2) is 35.3 Å². The predicted molar refractivity (Wildman–Crippen MR) is 82.4 cm³/mol. The lowest BCUT2D eigenvalue weighted by atomic mass is 9.98. The number of benzene rings is 1. The van der Waals surface area contributed by atoms with E-state index in [4.69, 9.17) is 4.74 Å². The van der Waals surface area contributed by atoms with Gasteiger partial charge in [0.05, 0.1) is 23.8 Å². The molecule has 3 rings (SSSR count). The van der Waals surface area contributed by atoms with Crippen molar-refractivity contribution in [1.82, 2.24) is 14.9 Å². The van der Waals surface area contributed by atoms with E-state index in [0.717, 1.165) is 37.2 Å². The lowest BCUT2D eigenvalue weighted by molar-refractivity contribution is 0.174. The second kappa shape index (κ2) is 6.37. The molecule has 0 radical (unpaired) electrons. The van der Waals surface area contributed by atoms with Crippen molar-refractivity contribution in [3.63, 3.8) is 0 Å². The normalized spacial score (nSPS) is 20.0. The summed E-state index contributed by atoms with van der Waals surface area (Å²) in [5.41, 5.74) is 1.71. The highest BCUT2D eigenvalue weighted by atomic mass is 16.5. The second-order valence-electron chi connectivity index (χ2n) is 5.48. The molecule has 2 aromatic rings. The maximum atomic E-state index is 12.2. The predicted octanol–water partition coefficient (Wildman–Crippen LogP) is 1.41. The standard InChI is InChI=1S/C16H21N3O2/c1-2-17-14(12-7-8-21-11-12)10-19-15-6-4-3-5-13(15)18-9-16(19)20/h3-6,9,12,14,17H,2,7-8,10-11H2,1H3. The molecule has 0 amide bonds. The monoisotopic (exact) mass is 287 g/mol. The fourth-order valence-corrected chi connectivity index (χ4v) is 3.01. The van der Waals surface area contributed by atoms with Crippen LogP contribution in [-0.4, -0.2) is 35.4 Å². The van der Waals surface area contributed by atoms with Crippen molar-refractivity contribution in [1.29, 1.82) is 0 Å². The summed E-state index contributed by atoms with van der Waals surface area (Å²) in [6, 6.07) is 8.03. The SMILES string of the molecule is CCNC(Cn1c(=O)cnc2ccccc21)C1CCOC1. The molecule has 5 nitrogen and oxygen atoms in total. The van der Waals surface area contributed by atoms with Crippen LogP contribution >= 0.6 is 0 Å². The van der Waals surface area contributed by atoms with Crippen molar-refractivity contribution in [2.45, 2.75) is 25.9 Å². The molecule has 2 unspecified atom stereocenters. The number of rotatable bonds is 5. The Morgan fingerprint density at radius 1 is 1.48 bits per heavy atom. The number of nitrogens with one attached hydrogen (secondary N) is 1. The molecule has 112 valence electrons. The van der Waals surface area contributed by atoms with E-state index in [1.54, 1.807) is 0 Å². The van der Waals surface area contributed by atoms with Gasteiger partial charge in [-0.25, -0.2) is 4.98 Å². The average Bonchev–Trinajstić information content (AvgIpc) is 3.03. The Kier molecular flexibility index (Phi) is 4.31. The fraction of sp³-hybridized carbons (Fsp3) is 0.500. The van der Waals surface area contributed by atoms with Gasteiger partial charge in [0.1, 0.15) is 0 Å². The first-order valence-corrected chi connectivity index (χ1v) is 7.55. The van der Waals surface area contributed by atoms with Crippen molar-refractivity contribution in [2.24, 2.45) is 5.92 Å². The van der Waals surface area contributed by atoms with Gasteiger partial charge in [0.2, 0.25) is 0 Å². The zero-order valence-electron chi connectivity index (χ0n) is 12.3. The highest BCUT2D eigenvalue weighted by Crippen LogP contribution is 2.19. The number of fused-ring (bicyclic) bond motifs is 1. The maximum absolute atomic E-state index is 12.2. The molecule has 0 aliphatic carbocycles. The van der Waals surface area contributed by atoms with E-state index in [0.29, 0.717) is 12.5 Å². The van der Waals surface area contributed by atoms with Crippen LogP contribution in [0, 0.1) is 5.92 Å². The highest BCUT2D eigenvalue weighted by Gasteiger charge is 2.26. The molecular formula is C16H21N3O2. The summed E-state index contributed by atoms with van der Waals surface area (Å²) in [6.07, 6.45) is 2.46. The molecule has 1 aliphatic heterocycles. The molecule has 1 fully saturated rings. The molecule has 1 N–H and O–H groups in total. The molecule has 1 saturated heterocycles. The molecule has 2 heterocycles. The molecule has 21 heavy (non-hydrogen) atoms. The van der Waals surface area contributed by atoms with E-state index >= 15 is 0 Å². The number of likely N-dealkylation sites (N-methyl/N-ethyl adjacent to an activating group) is 1.